The van der Waals surface area contributed by atoms with Gasteiger partial charge in [-0.15, -0.1) is 0 Å². The summed E-state index contributed by atoms with van der Waals surface area (Å²) in [7, 11) is -1.73. The molecule has 7 nitrogen and oxygen atoms in total. The maximum Gasteiger partial charge on any atom is 0.243 e. The van der Waals surface area contributed by atoms with E-state index in [1.807, 2.05) is 20.2 Å². The number of aryl methyl sites for hydroxylation is 2. The molecule has 0 bridgehead atoms. The zero-order valence-electron chi connectivity index (χ0n) is 16.5. The Hall–Kier alpha value is -2.36. The van der Waals surface area contributed by atoms with E-state index >= 15 is 0 Å². The number of pyridine rings is 1. The largest absolute Gasteiger partial charge is 0.298 e. The van der Waals surface area contributed by atoms with Gasteiger partial charge in [0.2, 0.25) is 10.0 Å². The van der Waals surface area contributed by atoms with Crippen LogP contribution in [-0.2, 0) is 23.6 Å². The Kier molecular flexibility index (Phi) is 5.37. The minimum absolute atomic E-state index is 0.133. The van der Waals surface area contributed by atoms with Gasteiger partial charge in [-0.25, -0.2) is 17.8 Å². The van der Waals surface area contributed by atoms with E-state index in [0.717, 1.165) is 35.3 Å². The van der Waals surface area contributed by atoms with Gasteiger partial charge in [-0.1, -0.05) is 0 Å². The van der Waals surface area contributed by atoms with E-state index < -0.39 is 15.8 Å². The molecule has 1 aliphatic rings. The van der Waals surface area contributed by atoms with Crippen molar-refractivity contribution < 1.29 is 12.8 Å². The molecule has 0 radical (unpaired) electrons. The molecule has 29 heavy (non-hydrogen) atoms. The van der Waals surface area contributed by atoms with E-state index in [9.17, 15) is 12.8 Å². The average molecular weight is 418 g/mol. The van der Waals surface area contributed by atoms with Crippen LogP contribution in [0.5, 0.6) is 0 Å². The third kappa shape index (κ3) is 4.03. The number of halogens is 1. The molecule has 9 heteroatoms. The standard InChI is InChI=1S/C20H24FN5O2S/c1-15-19-12-16(13-22-20(19)24(2)23-15)14-25-8-3-9-26(11-10-25)29(27,28)18-6-4-17(21)5-7-18/h4-7,12-13H,3,8-11,14H2,1-2H3. The number of hydrogen-bond acceptors (Lipinski definition) is 5. The van der Waals surface area contributed by atoms with Crippen molar-refractivity contribution in [1.29, 1.82) is 0 Å². The molecule has 1 aliphatic heterocycles. The van der Waals surface area contributed by atoms with Crippen molar-refractivity contribution in [1.82, 2.24) is 24.0 Å². The second kappa shape index (κ2) is 7.81. The molecule has 0 N–H and O–H groups in total. The van der Waals surface area contributed by atoms with Crippen LogP contribution in [0, 0.1) is 12.7 Å². The van der Waals surface area contributed by atoms with Crippen molar-refractivity contribution >= 4 is 21.1 Å². The number of benzene rings is 1. The Morgan fingerprint density at radius 1 is 1.10 bits per heavy atom. The van der Waals surface area contributed by atoms with Crippen LogP contribution < -0.4 is 0 Å². The molecule has 0 saturated carbocycles. The Balaban J connectivity index is 1.46. The minimum atomic E-state index is -3.61. The third-order valence-electron chi connectivity index (χ3n) is 5.32. The Morgan fingerprint density at radius 3 is 2.62 bits per heavy atom. The average Bonchev–Trinajstić information content (AvgIpc) is 2.85. The molecule has 154 valence electrons. The lowest BCUT2D eigenvalue weighted by Crippen LogP contribution is -2.35. The van der Waals surface area contributed by atoms with Gasteiger partial charge in [-0.3, -0.25) is 9.58 Å². The summed E-state index contributed by atoms with van der Waals surface area (Å²) in [5.74, 6) is -0.444. The lowest BCUT2D eigenvalue weighted by Gasteiger charge is -2.21. The molecule has 1 fully saturated rings. The fraction of sp³-hybridized carbons (Fsp3) is 0.400. The second-order valence-corrected chi connectivity index (χ2v) is 9.35. The van der Waals surface area contributed by atoms with Crippen LogP contribution in [0.2, 0.25) is 0 Å². The molecule has 3 aromatic rings. The van der Waals surface area contributed by atoms with Gasteiger partial charge >= 0.3 is 0 Å². The van der Waals surface area contributed by atoms with Crippen LogP contribution in [0.15, 0.2) is 41.4 Å². The molecule has 0 unspecified atom stereocenters. The molecule has 4 rings (SSSR count). The van der Waals surface area contributed by atoms with E-state index in [2.05, 4.69) is 21.0 Å². The summed E-state index contributed by atoms with van der Waals surface area (Å²) in [5, 5.41) is 5.45. The highest BCUT2D eigenvalue weighted by Crippen LogP contribution is 2.20. The van der Waals surface area contributed by atoms with Crippen molar-refractivity contribution in [3.05, 3.63) is 53.6 Å². The minimum Gasteiger partial charge on any atom is -0.298 e. The van der Waals surface area contributed by atoms with E-state index in [1.165, 1.54) is 28.6 Å². The highest BCUT2D eigenvalue weighted by Gasteiger charge is 2.27. The van der Waals surface area contributed by atoms with Gasteiger partial charge < -0.3 is 0 Å². The summed E-state index contributed by atoms with van der Waals surface area (Å²) in [5.41, 5.74) is 2.89. The van der Waals surface area contributed by atoms with Crippen molar-refractivity contribution in [3.8, 4) is 0 Å². The smallest absolute Gasteiger partial charge is 0.243 e. The monoisotopic (exact) mass is 417 g/mol. The number of sulfonamides is 1. The molecule has 1 aromatic carbocycles. The predicted molar refractivity (Wildman–Crippen MR) is 108 cm³/mol. The van der Waals surface area contributed by atoms with Crippen molar-refractivity contribution in [3.63, 3.8) is 0 Å². The first-order valence-corrected chi connectivity index (χ1v) is 11.0. The molecule has 0 atom stereocenters. The molecular formula is C20H24FN5O2S. The SMILES string of the molecule is Cc1nn(C)c2ncc(CN3CCCN(S(=O)(=O)c4ccc(F)cc4)CC3)cc12. The van der Waals surface area contributed by atoms with Gasteiger partial charge in [0.05, 0.1) is 10.6 Å². The van der Waals surface area contributed by atoms with Crippen LogP contribution in [0.3, 0.4) is 0 Å². The zero-order valence-corrected chi connectivity index (χ0v) is 17.4. The van der Waals surface area contributed by atoms with Crippen LogP contribution in [-0.4, -0.2) is 58.6 Å². The Bertz CT molecular complexity index is 1130. The quantitative estimate of drug-likeness (QED) is 0.652. The van der Waals surface area contributed by atoms with Crippen LogP contribution in [0.4, 0.5) is 4.39 Å². The summed E-state index contributed by atoms with van der Waals surface area (Å²) in [6.07, 6.45) is 2.60. The number of fused-ring (bicyclic) bond motifs is 1. The van der Waals surface area contributed by atoms with Crippen molar-refractivity contribution in [2.45, 2.75) is 24.8 Å². The molecule has 1 saturated heterocycles. The van der Waals surface area contributed by atoms with Crippen molar-refractivity contribution in [2.24, 2.45) is 7.05 Å². The lowest BCUT2D eigenvalue weighted by molar-refractivity contribution is 0.278. The number of rotatable bonds is 4. The molecule has 0 aliphatic carbocycles. The normalized spacial score (nSPS) is 16.9. The fourth-order valence-electron chi connectivity index (χ4n) is 3.80. The highest BCUT2D eigenvalue weighted by molar-refractivity contribution is 7.89. The fourth-order valence-corrected chi connectivity index (χ4v) is 5.27. The van der Waals surface area contributed by atoms with Crippen LogP contribution in [0.1, 0.15) is 17.7 Å². The van der Waals surface area contributed by atoms with Crippen molar-refractivity contribution in [2.75, 3.05) is 26.2 Å². The molecule has 0 spiro atoms. The topological polar surface area (TPSA) is 71.3 Å². The summed E-state index contributed by atoms with van der Waals surface area (Å²) in [6, 6.07) is 7.12. The zero-order chi connectivity index (χ0) is 20.6. The lowest BCUT2D eigenvalue weighted by atomic mass is 10.2. The number of aromatic nitrogens is 3. The molecule has 0 amide bonds. The van der Waals surface area contributed by atoms with E-state index in [-0.39, 0.29) is 4.90 Å². The summed E-state index contributed by atoms with van der Waals surface area (Å²) in [6.45, 7) is 4.97. The van der Waals surface area contributed by atoms with Gasteiger partial charge in [0.1, 0.15) is 5.82 Å². The molecular weight excluding hydrogens is 393 g/mol. The van der Waals surface area contributed by atoms with Gasteiger partial charge in [-0.05, 0) is 55.8 Å². The van der Waals surface area contributed by atoms with E-state index in [4.69, 9.17) is 0 Å². The molecule has 3 heterocycles. The van der Waals surface area contributed by atoms with E-state index in [0.29, 0.717) is 26.2 Å². The summed E-state index contributed by atoms with van der Waals surface area (Å²) in [4.78, 5) is 6.91. The predicted octanol–water partition coefficient (Wildman–Crippen LogP) is 2.31. The van der Waals surface area contributed by atoms with Crippen LogP contribution in [0.25, 0.3) is 11.0 Å². The Labute approximate surface area is 169 Å². The first kappa shape index (κ1) is 19.9. The van der Waals surface area contributed by atoms with Gasteiger partial charge in [-0.2, -0.15) is 9.40 Å². The third-order valence-corrected chi connectivity index (χ3v) is 7.24. The Morgan fingerprint density at radius 2 is 1.86 bits per heavy atom. The summed E-state index contributed by atoms with van der Waals surface area (Å²) >= 11 is 0. The van der Waals surface area contributed by atoms with Gasteiger partial charge in [0.25, 0.3) is 0 Å². The highest BCUT2D eigenvalue weighted by atomic mass is 32.2. The van der Waals surface area contributed by atoms with E-state index in [1.54, 1.807) is 4.68 Å². The van der Waals surface area contributed by atoms with Crippen LogP contribution >= 0.6 is 0 Å². The maximum absolute atomic E-state index is 13.1. The number of nitrogens with zero attached hydrogens (tertiary/aromatic N) is 5. The summed E-state index contributed by atoms with van der Waals surface area (Å²) < 4.78 is 42.1. The first-order valence-electron chi connectivity index (χ1n) is 9.61. The maximum atomic E-state index is 13.1. The van der Waals surface area contributed by atoms with Gasteiger partial charge in [0, 0.05) is 44.8 Å². The second-order valence-electron chi connectivity index (χ2n) is 7.41. The molecule has 2 aromatic heterocycles. The number of hydrogen-bond donors (Lipinski definition) is 0. The van der Waals surface area contributed by atoms with Gasteiger partial charge in [0.15, 0.2) is 5.65 Å². The first-order chi connectivity index (χ1) is 13.8.